The monoisotopic (exact) mass is 450 g/mol. The van der Waals surface area contributed by atoms with Crippen molar-refractivity contribution in [3.8, 4) is 0 Å². The van der Waals surface area contributed by atoms with Crippen molar-refractivity contribution in [3.05, 3.63) is 52.7 Å². The third kappa shape index (κ3) is 5.94. The quantitative estimate of drug-likeness (QED) is 0.687. The van der Waals surface area contributed by atoms with Crippen molar-refractivity contribution in [2.75, 3.05) is 23.7 Å². The zero-order valence-electron chi connectivity index (χ0n) is 17.4. The van der Waals surface area contributed by atoms with Crippen molar-refractivity contribution >= 4 is 47.3 Å². The molecule has 0 saturated carbocycles. The second kappa shape index (κ2) is 10.8. The molecule has 3 rings (SSSR count). The van der Waals surface area contributed by atoms with Gasteiger partial charge in [0.1, 0.15) is 5.82 Å². The van der Waals surface area contributed by atoms with Crippen LogP contribution < -0.4 is 10.6 Å². The highest BCUT2D eigenvalue weighted by atomic mass is 35.5. The van der Waals surface area contributed by atoms with Crippen LogP contribution in [0.5, 0.6) is 0 Å². The Hall–Kier alpha value is -2.15. The number of aromatic nitrogens is 1. The van der Waals surface area contributed by atoms with E-state index in [0.29, 0.717) is 28.1 Å². The van der Waals surface area contributed by atoms with Gasteiger partial charge in [-0.3, -0.25) is 9.59 Å². The number of amides is 2. The topological polar surface area (TPSA) is 74.3 Å². The lowest BCUT2D eigenvalue weighted by atomic mass is 9.94. The van der Waals surface area contributed by atoms with Crippen LogP contribution in [0.15, 0.2) is 36.5 Å². The molecule has 2 aromatic rings. The number of halogens is 2. The molecule has 0 radical (unpaired) electrons. The summed E-state index contributed by atoms with van der Waals surface area (Å²) in [6.45, 7) is 8.06. The minimum atomic E-state index is -0.326. The number of carbonyl (C=O) groups is 2. The lowest BCUT2D eigenvalue weighted by Crippen LogP contribution is -2.41. The maximum Gasteiger partial charge on any atom is 0.258 e. The Labute approximate surface area is 188 Å². The van der Waals surface area contributed by atoms with E-state index in [0.717, 1.165) is 31.5 Å². The molecule has 0 unspecified atom stereocenters. The van der Waals surface area contributed by atoms with Gasteiger partial charge in [0.2, 0.25) is 5.91 Å². The molecule has 0 spiro atoms. The highest BCUT2D eigenvalue weighted by Gasteiger charge is 2.27. The van der Waals surface area contributed by atoms with Crippen molar-refractivity contribution in [1.82, 2.24) is 9.88 Å². The number of aryl methyl sites for hydroxylation is 1. The molecule has 8 heteroatoms. The van der Waals surface area contributed by atoms with Crippen molar-refractivity contribution in [2.45, 2.75) is 39.7 Å². The van der Waals surface area contributed by atoms with Crippen molar-refractivity contribution < 1.29 is 9.59 Å². The minimum absolute atomic E-state index is 0. The van der Waals surface area contributed by atoms with Crippen LogP contribution in [0.1, 0.15) is 42.6 Å². The maximum absolute atomic E-state index is 12.9. The Bertz CT molecular complexity index is 879. The van der Waals surface area contributed by atoms with E-state index >= 15 is 0 Å². The molecule has 1 aliphatic heterocycles. The second-order valence-corrected chi connectivity index (χ2v) is 8.14. The molecular weight excluding hydrogens is 423 g/mol. The zero-order chi connectivity index (χ0) is 21.0. The molecule has 1 aliphatic rings. The summed E-state index contributed by atoms with van der Waals surface area (Å²) in [7, 11) is 0. The average molecular weight is 451 g/mol. The van der Waals surface area contributed by atoms with Crippen molar-refractivity contribution in [2.24, 2.45) is 5.92 Å². The number of likely N-dealkylation sites (tertiary alicyclic amines) is 1. The van der Waals surface area contributed by atoms with Gasteiger partial charge in [0.15, 0.2) is 0 Å². The summed E-state index contributed by atoms with van der Waals surface area (Å²) in [6.07, 6.45) is 3.12. The number of nitrogens with zero attached hydrogens (tertiary/aromatic N) is 2. The van der Waals surface area contributed by atoms with Gasteiger partial charge in [-0.05, 0) is 70.5 Å². The molecule has 0 bridgehead atoms. The van der Waals surface area contributed by atoms with Gasteiger partial charge in [0.25, 0.3) is 5.91 Å². The smallest absolute Gasteiger partial charge is 0.258 e. The van der Waals surface area contributed by atoms with Crippen LogP contribution in [0.2, 0.25) is 5.02 Å². The highest BCUT2D eigenvalue weighted by Crippen LogP contribution is 2.25. The van der Waals surface area contributed by atoms with Gasteiger partial charge < -0.3 is 15.5 Å². The maximum atomic E-state index is 12.9. The number of nitrogens with one attached hydrogen (secondary N) is 2. The molecule has 0 atom stereocenters. The molecule has 2 heterocycles. The highest BCUT2D eigenvalue weighted by molar-refractivity contribution is 6.30. The Kier molecular flexibility index (Phi) is 8.65. The van der Waals surface area contributed by atoms with E-state index in [1.165, 1.54) is 6.20 Å². The fourth-order valence-corrected chi connectivity index (χ4v) is 3.67. The normalized spacial score (nSPS) is 14.8. The van der Waals surface area contributed by atoms with Gasteiger partial charge in [-0.1, -0.05) is 23.7 Å². The largest absolute Gasteiger partial charge is 0.325 e. The number of anilines is 2. The number of hydrogen-bond donors (Lipinski definition) is 2. The number of carbonyl (C=O) groups excluding carboxylic acids is 2. The summed E-state index contributed by atoms with van der Waals surface area (Å²) in [4.78, 5) is 32.2. The first-order valence-corrected chi connectivity index (χ1v) is 10.3. The number of pyridine rings is 1. The number of para-hydroxylation sites is 1. The molecular formula is C22H28Cl2N4O2. The first kappa shape index (κ1) is 24.1. The fourth-order valence-electron chi connectivity index (χ4n) is 3.56. The first-order valence-electron chi connectivity index (χ1n) is 9.92. The molecule has 162 valence electrons. The van der Waals surface area contributed by atoms with Crippen LogP contribution >= 0.6 is 24.0 Å². The molecule has 2 N–H and O–H groups in total. The summed E-state index contributed by atoms with van der Waals surface area (Å²) in [5.41, 5.74) is 1.81. The molecule has 0 aliphatic carbocycles. The Morgan fingerprint density at radius 3 is 2.43 bits per heavy atom. The van der Waals surface area contributed by atoms with Crippen LogP contribution in [0.3, 0.4) is 0 Å². The molecule has 1 saturated heterocycles. The van der Waals surface area contributed by atoms with E-state index in [9.17, 15) is 9.59 Å². The van der Waals surface area contributed by atoms with E-state index in [1.54, 1.807) is 24.3 Å². The van der Waals surface area contributed by atoms with Crippen LogP contribution in [0.4, 0.5) is 11.5 Å². The summed E-state index contributed by atoms with van der Waals surface area (Å²) in [5, 5.41) is 6.26. The third-order valence-electron chi connectivity index (χ3n) is 5.37. The molecule has 1 aromatic heterocycles. The Balaban J connectivity index is 0.00000320. The van der Waals surface area contributed by atoms with Crippen molar-refractivity contribution in [3.63, 3.8) is 0 Å². The molecule has 1 aromatic carbocycles. The van der Waals surface area contributed by atoms with Gasteiger partial charge in [0, 0.05) is 18.2 Å². The van der Waals surface area contributed by atoms with Gasteiger partial charge in [-0.15, -0.1) is 12.4 Å². The summed E-state index contributed by atoms with van der Waals surface area (Å²) >= 11 is 5.84. The SMILES string of the molecule is Cc1cccc(C(=O)Nc2ccc(Cl)cn2)c1NC(=O)C1CCN(C(C)C)CC1.Cl. The number of rotatable bonds is 5. The third-order valence-corrected chi connectivity index (χ3v) is 5.59. The summed E-state index contributed by atoms with van der Waals surface area (Å²) in [6, 6.07) is 9.18. The van der Waals surface area contributed by atoms with E-state index in [2.05, 4.69) is 34.4 Å². The molecule has 6 nitrogen and oxygen atoms in total. The van der Waals surface area contributed by atoms with Crippen molar-refractivity contribution in [1.29, 1.82) is 0 Å². The van der Waals surface area contributed by atoms with Gasteiger partial charge >= 0.3 is 0 Å². The number of benzene rings is 1. The van der Waals surface area contributed by atoms with Crippen LogP contribution in [0.25, 0.3) is 0 Å². The molecule has 30 heavy (non-hydrogen) atoms. The van der Waals surface area contributed by atoms with Crippen LogP contribution in [0, 0.1) is 12.8 Å². The Morgan fingerprint density at radius 2 is 1.83 bits per heavy atom. The second-order valence-electron chi connectivity index (χ2n) is 7.71. The number of hydrogen-bond acceptors (Lipinski definition) is 4. The van der Waals surface area contributed by atoms with Crippen LogP contribution in [-0.2, 0) is 4.79 Å². The van der Waals surface area contributed by atoms with Gasteiger partial charge in [-0.2, -0.15) is 0 Å². The lowest BCUT2D eigenvalue weighted by molar-refractivity contribution is -0.121. The van der Waals surface area contributed by atoms with E-state index in [1.807, 2.05) is 13.0 Å². The van der Waals surface area contributed by atoms with E-state index in [4.69, 9.17) is 11.6 Å². The van der Waals surface area contributed by atoms with Crippen LogP contribution in [-0.4, -0.2) is 40.8 Å². The predicted molar refractivity (Wildman–Crippen MR) is 124 cm³/mol. The van der Waals surface area contributed by atoms with Gasteiger partial charge in [-0.25, -0.2) is 4.98 Å². The lowest BCUT2D eigenvalue weighted by Gasteiger charge is -2.34. The predicted octanol–water partition coefficient (Wildman–Crippen LogP) is 4.78. The number of piperidine rings is 1. The van der Waals surface area contributed by atoms with E-state index < -0.39 is 0 Å². The first-order chi connectivity index (χ1) is 13.8. The van der Waals surface area contributed by atoms with Gasteiger partial charge in [0.05, 0.1) is 16.3 Å². The van der Waals surface area contributed by atoms with E-state index in [-0.39, 0.29) is 30.1 Å². The zero-order valence-corrected chi connectivity index (χ0v) is 19.0. The minimum Gasteiger partial charge on any atom is -0.325 e. The fraction of sp³-hybridized carbons (Fsp3) is 0.409. The standard InChI is InChI=1S/C22H27ClN4O2.ClH/c1-14(2)27-11-9-16(10-12-27)21(28)26-20-15(3)5-4-6-18(20)22(29)25-19-8-7-17(23)13-24-19;/h4-8,13-14,16H,9-12H2,1-3H3,(H,26,28)(H,24,25,29);1H. The Morgan fingerprint density at radius 1 is 1.13 bits per heavy atom. The molecule has 2 amide bonds. The average Bonchev–Trinajstić information content (AvgIpc) is 2.71. The summed E-state index contributed by atoms with van der Waals surface area (Å²) in [5.74, 6) is 0.00696. The molecule has 1 fully saturated rings. The summed E-state index contributed by atoms with van der Waals surface area (Å²) < 4.78 is 0.